The first-order chi connectivity index (χ1) is 9.22. The van der Waals surface area contributed by atoms with Crippen LogP contribution in [-0.4, -0.2) is 6.54 Å². The van der Waals surface area contributed by atoms with Gasteiger partial charge >= 0.3 is 0 Å². The molecule has 100 valence electrons. The molecule has 0 saturated heterocycles. The maximum absolute atomic E-state index is 6.32. The van der Waals surface area contributed by atoms with Crippen LogP contribution in [0.5, 0.6) is 0 Å². The smallest absolute Gasteiger partial charge is 0.0484 e. The third kappa shape index (κ3) is 3.59. The Kier molecular flexibility index (Phi) is 5.00. The summed E-state index contributed by atoms with van der Waals surface area (Å²) >= 11 is 6.32. The van der Waals surface area contributed by atoms with Crippen LogP contribution in [0.4, 0.5) is 0 Å². The van der Waals surface area contributed by atoms with Crippen molar-refractivity contribution in [2.24, 2.45) is 0 Å². The number of hydrogen-bond acceptors (Lipinski definition) is 1. The Morgan fingerprint density at radius 1 is 1.05 bits per heavy atom. The molecule has 0 saturated carbocycles. The maximum atomic E-state index is 6.32. The van der Waals surface area contributed by atoms with E-state index in [1.165, 1.54) is 16.7 Å². The summed E-state index contributed by atoms with van der Waals surface area (Å²) in [4.78, 5) is 0. The van der Waals surface area contributed by atoms with Crippen molar-refractivity contribution in [3.8, 4) is 11.1 Å². The third-order valence-electron chi connectivity index (χ3n) is 3.17. The molecule has 0 aromatic heterocycles. The van der Waals surface area contributed by atoms with E-state index in [0.717, 1.165) is 30.1 Å². The Balaban J connectivity index is 2.37. The summed E-state index contributed by atoms with van der Waals surface area (Å²) in [6.07, 6.45) is 1.15. The van der Waals surface area contributed by atoms with Gasteiger partial charge in [0.15, 0.2) is 0 Å². The molecule has 2 aromatic carbocycles. The van der Waals surface area contributed by atoms with E-state index in [4.69, 9.17) is 11.6 Å². The molecule has 0 spiro atoms. The Morgan fingerprint density at radius 3 is 2.58 bits per heavy atom. The fourth-order valence-electron chi connectivity index (χ4n) is 2.17. The Hall–Kier alpha value is -1.31. The summed E-state index contributed by atoms with van der Waals surface area (Å²) in [5, 5.41) is 4.27. The average Bonchev–Trinajstić information content (AvgIpc) is 2.41. The summed E-state index contributed by atoms with van der Waals surface area (Å²) in [5.41, 5.74) is 4.90. The van der Waals surface area contributed by atoms with Crippen LogP contribution < -0.4 is 5.32 Å². The van der Waals surface area contributed by atoms with Gasteiger partial charge in [-0.15, -0.1) is 0 Å². The molecule has 2 heteroatoms. The molecule has 2 rings (SSSR count). The van der Waals surface area contributed by atoms with E-state index in [9.17, 15) is 0 Å². The molecule has 0 radical (unpaired) electrons. The van der Waals surface area contributed by atoms with Gasteiger partial charge in [0.25, 0.3) is 0 Å². The predicted molar refractivity (Wildman–Crippen MR) is 83.6 cm³/mol. The van der Waals surface area contributed by atoms with E-state index in [-0.39, 0.29) is 0 Å². The van der Waals surface area contributed by atoms with Crippen LogP contribution in [0.25, 0.3) is 11.1 Å². The number of hydrogen-bond donors (Lipinski definition) is 1. The largest absolute Gasteiger partial charge is 0.313 e. The summed E-state index contributed by atoms with van der Waals surface area (Å²) in [6, 6.07) is 14.6. The number of halogens is 1. The van der Waals surface area contributed by atoms with Gasteiger partial charge in [-0.2, -0.15) is 0 Å². The monoisotopic (exact) mass is 273 g/mol. The van der Waals surface area contributed by atoms with E-state index in [1.807, 2.05) is 18.2 Å². The van der Waals surface area contributed by atoms with E-state index >= 15 is 0 Å². The van der Waals surface area contributed by atoms with Gasteiger partial charge in [-0.1, -0.05) is 60.5 Å². The normalized spacial score (nSPS) is 10.7. The molecule has 0 unspecified atom stereocenters. The van der Waals surface area contributed by atoms with Crippen molar-refractivity contribution < 1.29 is 0 Å². The third-order valence-corrected chi connectivity index (χ3v) is 3.50. The summed E-state index contributed by atoms with van der Waals surface area (Å²) in [6.45, 7) is 6.21. The molecule has 0 aliphatic heterocycles. The van der Waals surface area contributed by atoms with Crippen molar-refractivity contribution in [2.45, 2.75) is 26.8 Å². The lowest BCUT2D eigenvalue weighted by Gasteiger charge is -2.13. The molecular formula is C17H20ClN. The van der Waals surface area contributed by atoms with Gasteiger partial charge in [-0.05, 0) is 37.1 Å². The Labute approximate surface area is 120 Å². The standard InChI is InChI=1S/C17H20ClN/c1-3-10-19-12-14-9-8-13(2)11-16(14)15-6-4-5-7-17(15)18/h4-9,11,19H,3,10,12H2,1-2H3. The van der Waals surface area contributed by atoms with Crippen LogP contribution in [-0.2, 0) is 6.54 Å². The second kappa shape index (κ2) is 6.74. The number of nitrogens with one attached hydrogen (secondary N) is 1. The lowest BCUT2D eigenvalue weighted by atomic mass is 9.97. The molecule has 1 N–H and O–H groups in total. The highest BCUT2D eigenvalue weighted by atomic mass is 35.5. The number of benzene rings is 2. The Morgan fingerprint density at radius 2 is 1.84 bits per heavy atom. The highest BCUT2D eigenvalue weighted by molar-refractivity contribution is 6.33. The summed E-state index contributed by atoms with van der Waals surface area (Å²) < 4.78 is 0. The van der Waals surface area contributed by atoms with Crippen LogP contribution in [0.15, 0.2) is 42.5 Å². The van der Waals surface area contributed by atoms with Gasteiger partial charge in [0, 0.05) is 17.1 Å². The van der Waals surface area contributed by atoms with Gasteiger partial charge in [-0.3, -0.25) is 0 Å². The minimum atomic E-state index is 0.810. The van der Waals surface area contributed by atoms with Crippen LogP contribution in [0.2, 0.25) is 5.02 Å². The molecule has 0 aliphatic rings. The molecular weight excluding hydrogens is 254 g/mol. The SMILES string of the molecule is CCCNCc1ccc(C)cc1-c1ccccc1Cl. The zero-order valence-corrected chi connectivity index (χ0v) is 12.3. The fraction of sp³-hybridized carbons (Fsp3) is 0.294. The van der Waals surface area contributed by atoms with Crippen molar-refractivity contribution in [1.82, 2.24) is 5.32 Å². The minimum absolute atomic E-state index is 0.810. The van der Waals surface area contributed by atoms with Crippen LogP contribution in [0.1, 0.15) is 24.5 Å². The maximum Gasteiger partial charge on any atom is 0.0484 e. The first-order valence-corrected chi connectivity index (χ1v) is 7.15. The second-order valence-electron chi connectivity index (χ2n) is 4.82. The lowest BCUT2D eigenvalue weighted by Crippen LogP contribution is -2.14. The second-order valence-corrected chi connectivity index (χ2v) is 5.22. The summed E-state index contributed by atoms with van der Waals surface area (Å²) in [7, 11) is 0. The molecule has 2 aromatic rings. The molecule has 0 heterocycles. The first-order valence-electron chi connectivity index (χ1n) is 6.77. The molecule has 1 nitrogen and oxygen atoms in total. The fourth-order valence-corrected chi connectivity index (χ4v) is 2.41. The van der Waals surface area contributed by atoms with Gasteiger partial charge in [0.2, 0.25) is 0 Å². The van der Waals surface area contributed by atoms with Crippen molar-refractivity contribution in [2.75, 3.05) is 6.54 Å². The van der Waals surface area contributed by atoms with Gasteiger partial charge in [0.1, 0.15) is 0 Å². The van der Waals surface area contributed by atoms with Gasteiger partial charge in [-0.25, -0.2) is 0 Å². The van der Waals surface area contributed by atoms with Gasteiger partial charge < -0.3 is 5.32 Å². The quantitative estimate of drug-likeness (QED) is 0.771. The molecule has 0 fully saturated rings. The molecule has 0 bridgehead atoms. The molecule has 0 atom stereocenters. The van der Waals surface area contributed by atoms with Crippen molar-refractivity contribution in [3.05, 3.63) is 58.6 Å². The average molecular weight is 274 g/mol. The lowest BCUT2D eigenvalue weighted by molar-refractivity contribution is 0.676. The highest BCUT2D eigenvalue weighted by Gasteiger charge is 2.08. The zero-order valence-electron chi connectivity index (χ0n) is 11.5. The van der Waals surface area contributed by atoms with Crippen molar-refractivity contribution >= 4 is 11.6 Å². The number of aryl methyl sites for hydroxylation is 1. The first kappa shape index (κ1) is 14.1. The molecule has 0 aliphatic carbocycles. The molecule has 0 amide bonds. The minimum Gasteiger partial charge on any atom is -0.313 e. The van der Waals surface area contributed by atoms with Gasteiger partial charge in [0.05, 0.1) is 0 Å². The predicted octanol–water partition coefficient (Wildman–Crippen LogP) is 4.82. The Bertz CT molecular complexity index is 549. The topological polar surface area (TPSA) is 12.0 Å². The zero-order chi connectivity index (χ0) is 13.7. The number of rotatable bonds is 5. The van der Waals surface area contributed by atoms with Crippen molar-refractivity contribution in [3.63, 3.8) is 0 Å². The van der Waals surface area contributed by atoms with Crippen molar-refractivity contribution in [1.29, 1.82) is 0 Å². The van der Waals surface area contributed by atoms with Crippen LogP contribution in [0.3, 0.4) is 0 Å². The van der Waals surface area contributed by atoms with E-state index < -0.39 is 0 Å². The van der Waals surface area contributed by atoms with Crippen LogP contribution >= 0.6 is 11.6 Å². The van der Waals surface area contributed by atoms with Crippen LogP contribution in [0, 0.1) is 6.92 Å². The summed E-state index contributed by atoms with van der Waals surface area (Å²) in [5.74, 6) is 0. The molecule has 19 heavy (non-hydrogen) atoms. The van der Waals surface area contributed by atoms with E-state index in [0.29, 0.717) is 0 Å². The highest BCUT2D eigenvalue weighted by Crippen LogP contribution is 2.31. The van der Waals surface area contributed by atoms with E-state index in [1.54, 1.807) is 0 Å². The van der Waals surface area contributed by atoms with E-state index in [2.05, 4.69) is 43.4 Å².